The summed E-state index contributed by atoms with van der Waals surface area (Å²) in [4.78, 5) is 19.8. The van der Waals surface area contributed by atoms with E-state index in [9.17, 15) is 4.79 Å². The summed E-state index contributed by atoms with van der Waals surface area (Å²) in [6, 6.07) is 16.4. The number of benzene rings is 2. The zero-order valence-electron chi connectivity index (χ0n) is 18.5. The molecule has 31 heavy (non-hydrogen) atoms. The first-order chi connectivity index (χ1) is 15.0. The molecule has 4 nitrogen and oxygen atoms in total. The Bertz CT molecular complexity index is 971. The molecule has 0 spiro atoms. The summed E-state index contributed by atoms with van der Waals surface area (Å²) < 4.78 is 5.88. The van der Waals surface area contributed by atoms with Gasteiger partial charge in [-0.15, -0.1) is 0 Å². The quantitative estimate of drug-likeness (QED) is 0.529. The zero-order valence-corrected chi connectivity index (χ0v) is 19.3. The highest BCUT2D eigenvalue weighted by molar-refractivity contribution is 8.14. The molecule has 4 rings (SSSR count). The average Bonchev–Trinajstić information content (AvgIpc) is 3.09. The second kappa shape index (κ2) is 9.84. The standard InChI is InChI=1S/C26H30N2O2S/c1-18(2)21-11-9-20(10-12-21)16-24-25(29)28(22-13-7-19(3)8-14-22)26(27-24)31-17-23-6-4-5-15-30-23/h7-14,16,18,23H,4-6,15,17H2,1-3H3/b24-16-. The van der Waals surface area contributed by atoms with E-state index in [-0.39, 0.29) is 12.0 Å². The highest BCUT2D eigenvalue weighted by atomic mass is 32.2. The van der Waals surface area contributed by atoms with Gasteiger partial charge in [0.2, 0.25) is 0 Å². The summed E-state index contributed by atoms with van der Waals surface area (Å²) >= 11 is 1.61. The van der Waals surface area contributed by atoms with Crippen LogP contribution in [0.15, 0.2) is 59.2 Å². The molecule has 0 aromatic heterocycles. The average molecular weight is 435 g/mol. The third-order valence-electron chi connectivity index (χ3n) is 5.70. The molecule has 2 aliphatic rings. The first-order valence-corrected chi connectivity index (χ1v) is 12.1. The van der Waals surface area contributed by atoms with Crippen molar-refractivity contribution in [3.8, 4) is 0 Å². The molecule has 0 bridgehead atoms. The maximum absolute atomic E-state index is 13.3. The Morgan fingerprint density at radius 3 is 2.52 bits per heavy atom. The van der Waals surface area contributed by atoms with Gasteiger partial charge in [0, 0.05) is 12.4 Å². The SMILES string of the molecule is Cc1ccc(N2C(=O)/C(=C/c3ccc(C(C)C)cc3)N=C2SCC2CCCCO2)cc1. The number of amidine groups is 1. The molecule has 0 radical (unpaired) electrons. The van der Waals surface area contributed by atoms with Gasteiger partial charge in [-0.25, -0.2) is 4.99 Å². The Morgan fingerprint density at radius 1 is 1.13 bits per heavy atom. The molecule has 1 amide bonds. The number of thioether (sulfide) groups is 1. The molecular weight excluding hydrogens is 404 g/mol. The number of hydrogen-bond acceptors (Lipinski definition) is 4. The molecule has 2 aromatic rings. The maximum atomic E-state index is 13.3. The number of carbonyl (C=O) groups excluding carboxylic acids is 1. The first kappa shape index (κ1) is 21.8. The normalized spacial score (nSPS) is 20.6. The van der Waals surface area contributed by atoms with E-state index < -0.39 is 0 Å². The van der Waals surface area contributed by atoms with Crippen LogP contribution in [0.4, 0.5) is 5.69 Å². The van der Waals surface area contributed by atoms with Gasteiger partial charge in [-0.2, -0.15) is 0 Å². The lowest BCUT2D eigenvalue weighted by molar-refractivity contribution is -0.113. The lowest BCUT2D eigenvalue weighted by atomic mass is 10.0. The summed E-state index contributed by atoms with van der Waals surface area (Å²) in [5, 5.41) is 0.730. The number of hydrogen-bond donors (Lipinski definition) is 0. The summed E-state index contributed by atoms with van der Waals surface area (Å²) in [7, 11) is 0. The van der Waals surface area contributed by atoms with Gasteiger partial charge in [-0.1, -0.05) is 67.6 Å². The predicted molar refractivity (Wildman–Crippen MR) is 131 cm³/mol. The molecule has 1 fully saturated rings. The molecule has 5 heteroatoms. The number of ether oxygens (including phenoxy) is 1. The fraction of sp³-hybridized carbons (Fsp3) is 0.385. The fourth-order valence-corrected chi connectivity index (χ4v) is 4.83. The summed E-state index contributed by atoms with van der Waals surface area (Å²) in [5.41, 5.74) is 4.77. The Morgan fingerprint density at radius 2 is 1.87 bits per heavy atom. The van der Waals surface area contributed by atoms with E-state index in [1.807, 2.05) is 37.3 Å². The number of anilines is 1. The molecule has 2 aromatic carbocycles. The second-order valence-electron chi connectivity index (χ2n) is 8.52. The highest BCUT2D eigenvalue weighted by Crippen LogP contribution is 2.31. The van der Waals surface area contributed by atoms with Crippen LogP contribution >= 0.6 is 11.8 Å². The van der Waals surface area contributed by atoms with Crippen molar-refractivity contribution in [2.24, 2.45) is 4.99 Å². The van der Waals surface area contributed by atoms with Crippen molar-refractivity contribution in [1.82, 2.24) is 0 Å². The third kappa shape index (κ3) is 5.28. The van der Waals surface area contributed by atoms with Crippen LogP contribution in [0.5, 0.6) is 0 Å². The number of rotatable bonds is 5. The molecule has 1 saturated heterocycles. The van der Waals surface area contributed by atoms with Crippen molar-refractivity contribution in [2.45, 2.75) is 52.1 Å². The van der Waals surface area contributed by atoms with Crippen molar-refractivity contribution in [3.05, 3.63) is 70.9 Å². The summed E-state index contributed by atoms with van der Waals surface area (Å²) in [6.45, 7) is 7.23. The van der Waals surface area contributed by atoms with E-state index in [1.54, 1.807) is 16.7 Å². The van der Waals surface area contributed by atoms with Gasteiger partial charge in [0.05, 0.1) is 11.8 Å². The van der Waals surface area contributed by atoms with Crippen molar-refractivity contribution < 1.29 is 9.53 Å². The molecule has 0 saturated carbocycles. The molecule has 0 N–H and O–H groups in total. The maximum Gasteiger partial charge on any atom is 0.283 e. The van der Waals surface area contributed by atoms with E-state index in [2.05, 4.69) is 38.1 Å². The Balaban J connectivity index is 1.59. The van der Waals surface area contributed by atoms with E-state index >= 15 is 0 Å². The molecule has 1 atom stereocenters. The summed E-state index contributed by atoms with van der Waals surface area (Å²) in [5.74, 6) is 1.21. The van der Waals surface area contributed by atoms with E-state index in [0.29, 0.717) is 11.6 Å². The van der Waals surface area contributed by atoms with Crippen LogP contribution < -0.4 is 4.90 Å². The molecule has 0 aliphatic carbocycles. The highest BCUT2D eigenvalue weighted by Gasteiger charge is 2.32. The Kier molecular flexibility index (Phi) is 6.93. The van der Waals surface area contributed by atoms with Gasteiger partial charge >= 0.3 is 0 Å². The van der Waals surface area contributed by atoms with Gasteiger partial charge in [-0.3, -0.25) is 9.69 Å². The molecule has 2 aliphatic heterocycles. The number of aliphatic imine (C=N–C) groups is 1. The third-order valence-corrected chi connectivity index (χ3v) is 6.77. The first-order valence-electron chi connectivity index (χ1n) is 11.1. The molecule has 162 valence electrons. The van der Waals surface area contributed by atoms with Crippen LogP contribution in [0.2, 0.25) is 0 Å². The van der Waals surface area contributed by atoms with Crippen LogP contribution in [-0.2, 0) is 9.53 Å². The van der Waals surface area contributed by atoms with E-state index in [4.69, 9.17) is 9.73 Å². The van der Waals surface area contributed by atoms with Crippen molar-refractivity contribution in [3.63, 3.8) is 0 Å². The van der Waals surface area contributed by atoms with Crippen LogP contribution in [-0.4, -0.2) is 29.5 Å². The zero-order chi connectivity index (χ0) is 21.8. The van der Waals surface area contributed by atoms with Gasteiger partial charge in [-0.05, 0) is 61.4 Å². The van der Waals surface area contributed by atoms with Gasteiger partial charge in [0.15, 0.2) is 5.17 Å². The van der Waals surface area contributed by atoms with Crippen LogP contribution in [0.25, 0.3) is 6.08 Å². The summed E-state index contributed by atoms with van der Waals surface area (Å²) in [6.07, 6.45) is 5.53. The minimum atomic E-state index is -0.0798. The number of amides is 1. The number of nitrogens with zero attached hydrogens (tertiary/aromatic N) is 2. The monoisotopic (exact) mass is 434 g/mol. The molecule has 1 unspecified atom stereocenters. The van der Waals surface area contributed by atoms with Crippen molar-refractivity contribution in [1.29, 1.82) is 0 Å². The largest absolute Gasteiger partial charge is 0.377 e. The van der Waals surface area contributed by atoms with Crippen LogP contribution in [0.3, 0.4) is 0 Å². The van der Waals surface area contributed by atoms with Gasteiger partial charge in [0.25, 0.3) is 5.91 Å². The number of aryl methyl sites for hydroxylation is 1. The van der Waals surface area contributed by atoms with Gasteiger partial charge < -0.3 is 4.74 Å². The predicted octanol–water partition coefficient (Wildman–Crippen LogP) is 6.16. The minimum absolute atomic E-state index is 0.0798. The Labute approximate surface area is 189 Å². The minimum Gasteiger partial charge on any atom is -0.377 e. The van der Waals surface area contributed by atoms with Crippen molar-refractivity contribution in [2.75, 3.05) is 17.3 Å². The van der Waals surface area contributed by atoms with E-state index in [0.717, 1.165) is 47.2 Å². The lowest BCUT2D eigenvalue weighted by Gasteiger charge is -2.23. The lowest BCUT2D eigenvalue weighted by Crippen LogP contribution is -2.31. The Hall–Kier alpha value is -2.37. The topological polar surface area (TPSA) is 41.9 Å². The molecular formula is C26H30N2O2S. The van der Waals surface area contributed by atoms with Gasteiger partial charge in [0.1, 0.15) is 5.70 Å². The number of carbonyl (C=O) groups is 1. The smallest absolute Gasteiger partial charge is 0.283 e. The van der Waals surface area contributed by atoms with E-state index in [1.165, 1.54) is 12.0 Å². The van der Waals surface area contributed by atoms with Crippen LogP contribution in [0, 0.1) is 6.92 Å². The fourth-order valence-electron chi connectivity index (χ4n) is 3.76. The second-order valence-corrected chi connectivity index (χ2v) is 9.51. The van der Waals surface area contributed by atoms with Crippen molar-refractivity contribution >= 4 is 34.6 Å². The van der Waals surface area contributed by atoms with Crippen LogP contribution in [0.1, 0.15) is 55.7 Å². The molecule has 2 heterocycles.